The van der Waals surface area contributed by atoms with Crippen molar-refractivity contribution in [2.75, 3.05) is 26.7 Å². The van der Waals surface area contributed by atoms with E-state index in [-0.39, 0.29) is 12.2 Å². The van der Waals surface area contributed by atoms with Crippen molar-refractivity contribution in [3.8, 4) is 0 Å². The van der Waals surface area contributed by atoms with Crippen molar-refractivity contribution in [1.82, 2.24) is 0 Å². The maximum absolute atomic E-state index is 9.72. The van der Waals surface area contributed by atoms with E-state index in [1.54, 1.807) is 0 Å². The van der Waals surface area contributed by atoms with Crippen LogP contribution in [0.15, 0.2) is 0 Å². The molecule has 0 aromatic heterocycles. The van der Waals surface area contributed by atoms with E-state index < -0.39 is 0 Å². The fourth-order valence-electron chi connectivity index (χ4n) is 4.22. The van der Waals surface area contributed by atoms with Crippen LogP contribution in [0.2, 0.25) is 0 Å². The largest absolute Gasteiger partial charge is 0.388 e. The molecule has 0 heterocycles. The molecule has 2 unspecified atom stereocenters. The number of aliphatic hydroxyl groups is 2. The summed E-state index contributed by atoms with van der Waals surface area (Å²) in [5.74, 6) is 0. The molecule has 158 valence electrons. The van der Waals surface area contributed by atoms with E-state index in [0.717, 1.165) is 24.1 Å². The summed E-state index contributed by atoms with van der Waals surface area (Å²) in [6.07, 6.45) is 18.8. The van der Waals surface area contributed by atoms with Gasteiger partial charge < -0.3 is 14.7 Å². The van der Waals surface area contributed by atoms with Gasteiger partial charge in [0.25, 0.3) is 0 Å². The van der Waals surface area contributed by atoms with E-state index in [4.69, 9.17) is 0 Å². The number of hydrogen-bond donors (Lipinski definition) is 2. The number of rotatable bonds is 19. The highest BCUT2D eigenvalue weighted by atomic mass is 16.3. The van der Waals surface area contributed by atoms with Crippen molar-refractivity contribution in [2.45, 2.75) is 123 Å². The van der Waals surface area contributed by atoms with Gasteiger partial charge in [0.2, 0.25) is 0 Å². The predicted molar refractivity (Wildman–Crippen MR) is 114 cm³/mol. The van der Waals surface area contributed by atoms with Crippen LogP contribution in [-0.2, 0) is 0 Å². The quantitative estimate of drug-likeness (QED) is 0.226. The van der Waals surface area contributed by atoms with Crippen molar-refractivity contribution >= 4 is 0 Å². The van der Waals surface area contributed by atoms with Crippen LogP contribution in [0.4, 0.5) is 0 Å². The first-order valence-corrected chi connectivity index (χ1v) is 11.6. The molecule has 0 aliphatic heterocycles. The average molecular weight is 373 g/mol. The van der Waals surface area contributed by atoms with Gasteiger partial charge in [-0.3, -0.25) is 0 Å². The Balaban J connectivity index is 3.50. The van der Waals surface area contributed by atoms with Crippen LogP contribution in [0.3, 0.4) is 0 Å². The van der Waals surface area contributed by atoms with Crippen LogP contribution >= 0.6 is 0 Å². The molecule has 0 aromatic carbocycles. The summed E-state index contributed by atoms with van der Waals surface area (Å²) in [7, 11) is 2.17. The summed E-state index contributed by atoms with van der Waals surface area (Å²) in [4.78, 5) is 0. The molecule has 0 radical (unpaired) electrons. The van der Waals surface area contributed by atoms with Gasteiger partial charge in [-0.2, -0.15) is 0 Å². The van der Waals surface area contributed by atoms with Crippen molar-refractivity contribution in [2.24, 2.45) is 0 Å². The lowest BCUT2D eigenvalue weighted by atomic mass is 10.0. The summed E-state index contributed by atoms with van der Waals surface area (Å²) in [6.45, 7) is 8.52. The molecule has 0 saturated carbocycles. The summed E-state index contributed by atoms with van der Waals surface area (Å²) < 4.78 is 0.785. The van der Waals surface area contributed by atoms with Crippen molar-refractivity contribution < 1.29 is 14.7 Å². The molecule has 0 rings (SSSR count). The Bertz CT molecular complexity index is 282. The molecule has 0 spiro atoms. The van der Waals surface area contributed by atoms with Crippen molar-refractivity contribution in [1.29, 1.82) is 0 Å². The van der Waals surface area contributed by atoms with Gasteiger partial charge >= 0.3 is 0 Å². The molecule has 0 bridgehead atoms. The lowest BCUT2D eigenvalue weighted by molar-refractivity contribution is -0.915. The molecular weight excluding hydrogens is 322 g/mol. The third-order valence-corrected chi connectivity index (χ3v) is 5.46. The minimum Gasteiger partial charge on any atom is -0.388 e. The predicted octanol–water partition coefficient (Wildman–Crippen LogP) is 5.68. The molecule has 0 aliphatic rings. The molecule has 0 aliphatic carbocycles. The highest BCUT2D eigenvalue weighted by molar-refractivity contribution is 4.53. The molecular formula is C23H50NO2+. The van der Waals surface area contributed by atoms with Gasteiger partial charge in [0, 0.05) is 0 Å². The lowest BCUT2D eigenvalue weighted by Crippen LogP contribution is -2.52. The molecule has 0 fully saturated rings. The Morgan fingerprint density at radius 2 is 0.885 bits per heavy atom. The maximum atomic E-state index is 9.72. The summed E-state index contributed by atoms with van der Waals surface area (Å²) in [5.41, 5.74) is 0. The number of quaternary nitrogens is 1. The summed E-state index contributed by atoms with van der Waals surface area (Å²) >= 11 is 0. The molecule has 2 N–H and O–H groups in total. The van der Waals surface area contributed by atoms with E-state index >= 15 is 0 Å². The van der Waals surface area contributed by atoms with E-state index in [2.05, 4.69) is 14.0 Å². The van der Waals surface area contributed by atoms with Crippen molar-refractivity contribution in [3.05, 3.63) is 0 Å². The zero-order valence-corrected chi connectivity index (χ0v) is 18.5. The van der Waals surface area contributed by atoms with E-state index in [1.807, 2.05) is 13.8 Å². The minimum absolute atomic E-state index is 0.301. The molecule has 0 saturated heterocycles. The Kier molecular flexibility index (Phi) is 16.9. The molecule has 3 heteroatoms. The second-order valence-electron chi connectivity index (χ2n) is 9.00. The summed E-state index contributed by atoms with van der Waals surface area (Å²) in [6, 6.07) is 0. The van der Waals surface area contributed by atoms with Crippen molar-refractivity contribution in [3.63, 3.8) is 0 Å². The molecule has 0 aromatic rings. The molecule has 0 amide bonds. The molecule has 3 nitrogen and oxygen atoms in total. The van der Waals surface area contributed by atoms with Gasteiger partial charge in [0.15, 0.2) is 0 Å². The number of aliphatic hydroxyl groups excluding tert-OH is 2. The number of nitrogens with zero attached hydrogens (tertiary/aromatic N) is 1. The maximum Gasteiger partial charge on any atom is 0.105 e. The Morgan fingerprint density at radius 1 is 0.577 bits per heavy atom. The van der Waals surface area contributed by atoms with Gasteiger partial charge in [-0.15, -0.1) is 0 Å². The first-order valence-electron chi connectivity index (χ1n) is 11.6. The van der Waals surface area contributed by atoms with Crippen LogP contribution in [0, 0.1) is 0 Å². The van der Waals surface area contributed by atoms with Crippen LogP contribution in [0.25, 0.3) is 0 Å². The highest BCUT2D eigenvalue weighted by Crippen LogP contribution is 2.14. The first kappa shape index (κ1) is 25.9. The Morgan fingerprint density at radius 3 is 1.19 bits per heavy atom. The van der Waals surface area contributed by atoms with Crippen LogP contribution in [-0.4, -0.2) is 53.6 Å². The smallest absolute Gasteiger partial charge is 0.105 e. The van der Waals surface area contributed by atoms with Gasteiger partial charge in [-0.1, -0.05) is 84.0 Å². The zero-order valence-electron chi connectivity index (χ0n) is 18.5. The number of hydrogen-bond acceptors (Lipinski definition) is 2. The van der Waals surface area contributed by atoms with Crippen LogP contribution < -0.4 is 0 Å². The molecule has 26 heavy (non-hydrogen) atoms. The summed E-state index contributed by atoms with van der Waals surface area (Å²) in [5, 5.41) is 19.4. The van der Waals surface area contributed by atoms with Gasteiger partial charge in [0.05, 0.1) is 13.6 Å². The zero-order chi connectivity index (χ0) is 19.7. The average Bonchev–Trinajstić information content (AvgIpc) is 2.53. The van der Waals surface area contributed by atoms with Crippen LogP contribution in [0.5, 0.6) is 0 Å². The van der Waals surface area contributed by atoms with Gasteiger partial charge in [-0.25, -0.2) is 0 Å². The third kappa shape index (κ3) is 17.3. The Hall–Kier alpha value is -0.120. The van der Waals surface area contributed by atoms with Crippen LogP contribution in [0.1, 0.15) is 111 Å². The standard InChI is InChI=1S/C23H50NO2/c1-5-6-7-8-9-10-11-12-13-14-15-16-17-18-19-24(4,20-22(2)25)21-23(3)26/h22-23,25-26H,5-21H2,1-4H3/q+1. The second kappa shape index (κ2) is 17.0. The fourth-order valence-corrected chi connectivity index (χ4v) is 4.22. The number of unbranched alkanes of at least 4 members (excludes halogenated alkanes) is 13. The number of likely N-dealkylation sites (N-methyl/N-ethyl adjacent to an activating group) is 1. The van der Waals surface area contributed by atoms with Gasteiger partial charge in [-0.05, 0) is 26.7 Å². The van der Waals surface area contributed by atoms with E-state index in [1.165, 1.54) is 89.9 Å². The topological polar surface area (TPSA) is 40.5 Å². The fraction of sp³-hybridized carbons (Fsp3) is 1.00. The minimum atomic E-state index is -0.301. The van der Waals surface area contributed by atoms with Gasteiger partial charge in [0.1, 0.15) is 25.3 Å². The van der Waals surface area contributed by atoms with E-state index in [9.17, 15) is 10.2 Å². The normalized spacial score (nSPS) is 16.4. The Labute approximate surface area is 164 Å². The SMILES string of the molecule is CCCCCCCCCCCCCCCC[N+](C)(CC(C)O)CC(C)O. The third-order valence-electron chi connectivity index (χ3n) is 5.46. The molecule has 2 atom stereocenters. The van der Waals surface area contributed by atoms with E-state index in [0.29, 0.717) is 0 Å². The second-order valence-corrected chi connectivity index (χ2v) is 9.00. The first-order chi connectivity index (χ1) is 12.4. The highest BCUT2D eigenvalue weighted by Gasteiger charge is 2.25. The lowest BCUT2D eigenvalue weighted by Gasteiger charge is -2.36. The monoisotopic (exact) mass is 372 g/mol.